The smallest absolute Gasteiger partial charge is 0.254 e. The Morgan fingerprint density at radius 3 is 3.09 bits per heavy atom. The minimum atomic E-state index is -0.628. The van der Waals surface area contributed by atoms with E-state index in [9.17, 15) is 9.90 Å². The molecule has 2 heterocycles. The topological polar surface area (TPSA) is 78.5 Å². The van der Waals surface area contributed by atoms with Gasteiger partial charge in [0.05, 0.1) is 6.10 Å². The van der Waals surface area contributed by atoms with E-state index in [4.69, 9.17) is 4.74 Å². The molecular weight excluding hydrogens is 282 g/mol. The number of benzene rings is 1. The van der Waals surface area contributed by atoms with Gasteiger partial charge in [-0.05, 0) is 19.1 Å². The second-order valence-corrected chi connectivity index (χ2v) is 5.29. The molecule has 22 heavy (non-hydrogen) atoms. The Kier molecular flexibility index (Phi) is 4.22. The number of H-pyrrole nitrogens is 1. The van der Waals surface area contributed by atoms with Crippen molar-refractivity contribution in [1.82, 2.24) is 14.9 Å². The van der Waals surface area contributed by atoms with Crippen LogP contribution >= 0.6 is 0 Å². The summed E-state index contributed by atoms with van der Waals surface area (Å²) in [5.74, 6) is 0.623. The summed E-state index contributed by atoms with van der Waals surface area (Å²) in [6, 6.07) is 7.31. The van der Waals surface area contributed by atoms with Crippen molar-refractivity contribution in [2.75, 3.05) is 19.7 Å². The van der Waals surface area contributed by atoms with Gasteiger partial charge in [-0.1, -0.05) is 12.1 Å². The van der Waals surface area contributed by atoms with Gasteiger partial charge in [0.25, 0.3) is 5.91 Å². The van der Waals surface area contributed by atoms with Crippen molar-refractivity contribution in [1.29, 1.82) is 0 Å². The largest absolute Gasteiger partial charge is 0.388 e. The number of likely N-dealkylation sites (tertiary alicyclic amines) is 1. The zero-order valence-corrected chi connectivity index (χ0v) is 12.4. The summed E-state index contributed by atoms with van der Waals surface area (Å²) in [6.45, 7) is 3.12. The number of aliphatic hydroxyl groups is 1. The summed E-state index contributed by atoms with van der Waals surface area (Å²) in [6.07, 6.45) is 2.49. The molecule has 1 saturated heterocycles. The number of imidazole rings is 1. The Morgan fingerprint density at radius 2 is 2.36 bits per heavy atom. The summed E-state index contributed by atoms with van der Waals surface area (Å²) >= 11 is 0. The fourth-order valence-corrected chi connectivity index (χ4v) is 2.71. The van der Waals surface area contributed by atoms with Crippen LogP contribution in [0.2, 0.25) is 0 Å². The molecule has 6 nitrogen and oxygen atoms in total. The number of nitrogens with zero attached hydrogens (tertiary/aromatic N) is 2. The van der Waals surface area contributed by atoms with Gasteiger partial charge in [0.2, 0.25) is 0 Å². The fraction of sp³-hybridized carbons (Fsp3) is 0.375. The lowest BCUT2D eigenvalue weighted by Crippen LogP contribution is -2.30. The van der Waals surface area contributed by atoms with E-state index >= 15 is 0 Å². The number of amides is 1. The zero-order valence-electron chi connectivity index (χ0n) is 12.4. The molecule has 1 fully saturated rings. The summed E-state index contributed by atoms with van der Waals surface area (Å²) in [5, 5.41) is 9.96. The first kappa shape index (κ1) is 14.7. The fourth-order valence-electron chi connectivity index (χ4n) is 2.71. The molecule has 1 aliphatic rings. The van der Waals surface area contributed by atoms with E-state index in [-0.39, 0.29) is 12.0 Å². The molecule has 0 aliphatic carbocycles. The Balaban J connectivity index is 1.77. The van der Waals surface area contributed by atoms with Crippen LogP contribution in [0.25, 0.3) is 11.4 Å². The summed E-state index contributed by atoms with van der Waals surface area (Å²) in [5.41, 5.74) is 1.44. The van der Waals surface area contributed by atoms with Gasteiger partial charge in [-0.25, -0.2) is 4.98 Å². The van der Waals surface area contributed by atoms with Crippen LogP contribution in [0, 0.1) is 0 Å². The van der Waals surface area contributed by atoms with Crippen molar-refractivity contribution >= 4 is 5.91 Å². The third-order valence-electron chi connectivity index (χ3n) is 3.79. The highest BCUT2D eigenvalue weighted by molar-refractivity contribution is 5.95. The third-order valence-corrected chi connectivity index (χ3v) is 3.79. The molecule has 0 radical (unpaired) electrons. The number of aromatic nitrogens is 2. The van der Waals surface area contributed by atoms with Crippen LogP contribution in [0.4, 0.5) is 0 Å². The quantitative estimate of drug-likeness (QED) is 0.892. The van der Waals surface area contributed by atoms with Crippen molar-refractivity contribution in [2.24, 2.45) is 0 Å². The van der Waals surface area contributed by atoms with Crippen molar-refractivity contribution < 1.29 is 14.6 Å². The number of hydrogen-bond donors (Lipinski definition) is 2. The van der Waals surface area contributed by atoms with Gasteiger partial charge in [0.15, 0.2) is 0 Å². The zero-order chi connectivity index (χ0) is 15.5. The molecule has 1 aromatic carbocycles. The van der Waals surface area contributed by atoms with Crippen molar-refractivity contribution in [3.05, 3.63) is 42.2 Å². The first-order valence-corrected chi connectivity index (χ1v) is 7.37. The average molecular weight is 301 g/mol. The SMILES string of the molecule is CCOC1CN(C(=O)c2cccc(-c3ncc[nH]3)c2)CC1O. The molecule has 6 heteroatoms. The van der Waals surface area contributed by atoms with Gasteiger partial charge in [0, 0.05) is 43.2 Å². The summed E-state index contributed by atoms with van der Waals surface area (Å²) < 4.78 is 5.46. The van der Waals surface area contributed by atoms with Crippen LogP contribution in [0.3, 0.4) is 0 Å². The Morgan fingerprint density at radius 1 is 1.50 bits per heavy atom. The Bertz CT molecular complexity index is 642. The van der Waals surface area contributed by atoms with Gasteiger partial charge in [-0.3, -0.25) is 4.79 Å². The second-order valence-electron chi connectivity index (χ2n) is 5.29. The maximum Gasteiger partial charge on any atom is 0.254 e. The van der Waals surface area contributed by atoms with E-state index in [2.05, 4.69) is 9.97 Å². The van der Waals surface area contributed by atoms with Gasteiger partial charge < -0.3 is 19.7 Å². The van der Waals surface area contributed by atoms with E-state index < -0.39 is 6.10 Å². The normalized spacial score (nSPS) is 21.3. The highest BCUT2D eigenvalue weighted by Gasteiger charge is 2.34. The first-order valence-electron chi connectivity index (χ1n) is 7.37. The standard InChI is InChI=1S/C16H19N3O3/c1-2-22-14-10-19(9-13(14)20)16(21)12-5-3-4-11(8-12)15-17-6-7-18-15/h3-8,13-14,20H,2,9-10H2,1H3,(H,17,18). The molecule has 1 aromatic heterocycles. The molecule has 1 amide bonds. The number of carbonyl (C=O) groups is 1. The predicted molar refractivity (Wildman–Crippen MR) is 81.3 cm³/mol. The lowest BCUT2D eigenvalue weighted by molar-refractivity contribution is -0.00237. The summed E-state index contributed by atoms with van der Waals surface area (Å²) in [7, 11) is 0. The Labute approximate surface area is 128 Å². The minimum absolute atomic E-state index is 0.102. The number of aliphatic hydroxyl groups excluding tert-OH is 1. The molecule has 116 valence electrons. The number of carbonyl (C=O) groups excluding carboxylic acids is 1. The van der Waals surface area contributed by atoms with Crippen molar-refractivity contribution in [3.63, 3.8) is 0 Å². The highest BCUT2D eigenvalue weighted by Crippen LogP contribution is 2.20. The molecule has 3 rings (SSSR count). The molecule has 0 spiro atoms. The lowest BCUT2D eigenvalue weighted by Gasteiger charge is -2.16. The average Bonchev–Trinajstić information content (AvgIpc) is 3.18. The number of β-amino-alcohol motifs (C(OH)–C–C–N with tert-alkyl or cyclic N) is 1. The number of rotatable bonds is 4. The number of ether oxygens (including phenoxy) is 1. The minimum Gasteiger partial charge on any atom is -0.388 e. The monoisotopic (exact) mass is 301 g/mol. The molecule has 2 aromatic rings. The van der Waals surface area contributed by atoms with Crippen molar-refractivity contribution in [3.8, 4) is 11.4 Å². The number of nitrogens with one attached hydrogen (secondary N) is 1. The van der Waals surface area contributed by atoms with E-state index in [1.807, 2.05) is 25.1 Å². The van der Waals surface area contributed by atoms with Crippen LogP contribution in [0.15, 0.2) is 36.7 Å². The maximum atomic E-state index is 12.6. The molecule has 1 aliphatic heterocycles. The molecule has 0 bridgehead atoms. The molecular formula is C16H19N3O3. The third kappa shape index (κ3) is 2.88. The highest BCUT2D eigenvalue weighted by atomic mass is 16.5. The maximum absolute atomic E-state index is 12.6. The first-order chi connectivity index (χ1) is 10.7. The number of hydrogen-bond acceptors (Lipinski definition) is 4. The van der Waals surface area contributed by atoms with E-state index in [0.29, 0.717) is 25.3 Å². The van der Waals surface area contributed by atoms with Crippen LogP contribution in [0.1, 0.15) is 17.3 Å². The second kappa shape index (κ2) is 6.29. The predicted octanol–water partition coefficient (Wildman–Crippen LogP) is 1.30. The molecule has 2 atom stereocenters. The van der Waals surface area contributed by atoms with Gasteiger partial charge in [-0.15, -0.1) is 0 Å². The van der Waals surface area contributed by atoms with Crippen LogP contribution < -0.4 is 0 Å². The molecule has 2 unspecified atom stereocenters. The molecule has 2 N–H and O–H groups in total. The molecule has 0 saturated carbocycles. The van der Waals surface area contributed by atoms with Gasteiger partial charge in [0.1, 0.15) is 11.9 Å². The van der Waals surface area contributed by atoms with Crippen LogP contribution in [-0.4, -0.2) is 57.8 Å². The van der Waals surface area contributed by atoms with E-state index in [0.717, 1.165) is 11.4 Å². The van der Waals surface area contributed by atoms with Crippen LogP contribution in [-0.2, 0) is 4.74 Å². The Hall–Kier alpha value is -2.18. The van der Waals surface area contributed by atoms with Gasteiger partial charge in [-0.2, -0.15) is 0 Å². The lowest BCUT2D eigenvalue weighted by atomic mass is 10.1. The number of aromatic amines is 1. The summed E-state index contributed by atoms with van der Waals surface area (Å²) in [4.78, 5) is 21.4. The van der Waals surface area contributed by atoms with E-state index in [1.54, 1.807) is 23.4 Å². The van der Waals surface area contributed by atoms with Gasteiger partial charge >= 0.3 is 0 Å². The van der Waals surface area contributed by atoms with E-state index in [1.165, 1.54) is 0 Å². The van der Waals surface area contributed by atoms with Crippen LogP contribution in [0.5, 0.6) is 0 Å². The van der Waals surface area contributed by atoms with Crippen molar-refractivity contribution in [2.45, 2.75) is 19.1 Å².